The summed E-state index contributed by atoms with van der Waals surface area (Å²) in [5, 5.41) is 3.81. The average molecular weight is 214 g/mol. The first-order valence-electron chi connectivity index (χ1n) is 4.35. The minimum absolute atomic E-state index is 0.119. The molecule has 0 amide bonds. The van der Waals surface area contributed by atoms with Gasteiger partial charge in [0.05, 0.1) is 11.6 Å². The molecule has 1 aromatic carbocycles. The number of hydrogen-bond acceptors (Lipinski definition) is 2. The van der Waals surface area contributed by atoms with Crippen LogP contribution in [-0.2, 0) is 4.84 Å². The van der Waals surface area contributed by atoms with E-state index in [1.807, 2.05) is 0 Å². The van der Waals surface area contributed by atoms with Crippen molar-refractivity contribution in [1.82, 2.24) is 0 Å². The molecule has 74 valence electrons. The van der Waals surface area contributed by atoms with E-state index in [0.717, 1.165) is 0 Å². The standard InChI is InChI=1S/C10H9ClFNO/c11-6-7-5-10(13-14-7)8-3-1-2-4-9(8)12/h1-4,7H,5-6H2. The zero-order valence-corrected chi connectivity index (χ0v) is 8.17. The summed E-state index contributed by atoms with van der Waals surface area (Å²) in [7, 11) is 0. The molecule has 0 fully saturated rings. The Morgan fingerprint density at radius 3 is 2.93 bits per heavy atom. The Balaban J connectivity index is 2.22. The van der Waals surface area contributed by atoms with Gasteiger partial charge in [0.15, 0.2) is 0 Å². The van der Waals surface area contributed by atoms with Crippen LogP contribution in [0.4, 0.5) is 4.39 Å². The number of hydrogen-bond donors (Lipinski definition) is 0. The van der Waals surface area contributed by atoms with Crippen LogP contribution in [0, 0.1) is 5.82 Å². The van der Waals surface area contributed by atoms with Crippen LogP contribution in [0.3, 0.4) is 0 Å². The number of halogens is 2. The van der Waals surface area contributed by atoms with Gasteiger partial charge in [0.25, 0.3) is 0 Å². The smallest absolute Gasteiger partial charge is 0.146 e. The fourth-order valence-corrected chi connectivity index (χ4v) is 1.53. The van der Waals surface area contributed by atoms with Crippen LogP contribution >= 0.6 is 11.6 Å². The van der Waals surface area contributed by atoms with Crippen LogP contribution < -0.4 is 0 Å². The van der Waals surface area contributed by atoms with E-state index in [1.54, 1.807) is 18.2 Å². The van der Waals surface area contributed by atoms with Crippen molar-refractivity contribution in [1.29, 1.82) is 0 Å². The largest absolute Gasteiger partial charge is 0.391 e. The lowest BCUT2D eigenvalue weighted by Crippen LogP contribution is -2.10. The van der Waals surface area contributed by atoms with Crippen molar-refractivity contribution >= 4 is 17.3 Å². The highest BCUT2D eigenvalue weighted by molar-refractivity contribution is 6.18. The Bertz CT molecular complexity index is 367. The van der Waals surface area contributed by atoms with Gasteiger partial charge in [-0.2, -0.15) is 0 Å². The van der Waals surface area contributed by atoms with E-state index in [9.17, 15) is 4.39 Å². The Morgan fingerprint density at radius 2 is 2.29 bits per heavy atom. The van der Waals surface area contributed by atoms with Crippen molar-refractivity contribution < 1.29 is 9.23 Å². The van der Waals surface area contributed by atoms with Gasteiger partial charge in [-0.25, -0.2) is 4.39 Å². The second kappa shape index (κ2) is 3.96. The Labute approximate surface area is 86.3 Å². The lowest BCUT2D eigenvalue weighted by Gasteiger charge is -2.01. The summed E-state index contributed by atoms with van der Waals surface area (Å²) in [5.41, 5.74) is 1.13. The van der Waals surface area contributed by atoms with Gasteiger partial charge in [-0.3, -0.25) is 0 Å². The summed E-state index contributed by atoms with van der Waals surface area (Å²) in [6.45, 7) is 0. The number of nitrogens with zero attached hydrogens (tertiary/aromatic N) is 1. The molecule has 1 heterocycles. The summed E-state index contributed by atoms with van der Waals surface area (Å²) in [6.07, 6.45) is 0.455. The summed E-state index contributed by atoms with van der Waals surface area (Å²) in [6, 6.07) is 6.52. The van der Waals surface area contributed by atoms with Gasteiger partial charge in [-0.1, -0.05) is 23.4 Å². The van der Waals surface area contributed by atoms with E-state index in [-0.39, 0.29) is 11.9 Å². The summed E-state index contributed by atoms with van der Waals surface area (Å²) < 4.78 is 13.3. The van der Waals surface area contributed by atoms with Gasteiger partial charge in [0.2, 0.25) is 0 Å². The topological polar surface area (TPSA) is 21.6 Å². The van der Waals surface area contributed by atoms with Crippen molar-refractivity contribution in [2.45, 2.75) is 12.5 Å². The van der Waals surface area contributed by atoms with Gasteiger partial charge in [0, 0.05) is 12.0 Å². The molecule has 14 heavy (non-hydrogen) atoms. The van der Waals surface area contributed by atoms with E-state index >= 15 is 0 Å². The molecule has 0 spiro atoms. The molecule has 1 aliphatic rings. The molecule has 0 N–H and O–H groups in total. The monoisotopic (exact) mass is 213 g/mol. The summed E-state index contributed by atoms with van der Waals surface area (Å²) in [5.74, 6) is 0.103. The van der Waals surface area contributed by atoms with Crippen molar-refractivity contribution in [3.05, 3.63) is 35.6 Å². The molecule has 0 aliphatic carbocycles. The second-order valence-corrected chi connectivity index (χ2v) is 3.41. The van der Waals surface area contributed by atoms with Crippen LogP contribution in [0.15, 0.2) is 29.4 Å². The lowest BCUT2D eigenvalue weighted by atomic mass is 10.1. The zero-order chi connectivity index (χ0) is 9.97. The summed E-state index contributed by atoms with van der Waals surface area (Å²) in [4.78, 5) is 5.01. The van der Waals surface area contributed by atoms with E-state index in [4.69, 9.17) is 16.4 Å². The third-order valence-electron chi connectivity index (χ3n) is 2.09. The van der Waals surface area contributed by atoms with Crippen LogP contribution in [0.1, 0.15) is 12.0 Å². The predicted molar refractivity (Wildman–Crippen MR) is 53.1 cm³/mol. The van der Waals surface area contributed by atoms with Gasteiger partial charge in [-0.15, -0.1) is 11.6 Å². The Morgan fingerprint density at radius 1 is 1.50 bits per heavy atom. The van der Waals surface area contributed by atoms with Crippen molar-refractivity contribution in [2.24, 2.45) is 5.16 Å². The first kappa shape index (κ1) is 9.46. The van der Waals surface area contributed by atoms with Gasteiger partial charge < -0.3 is 4.84 Å². The predicted octanol–water partition coefficient (Wildman–Crippen LogP) is 2.56. The molecule has 1 unspecified atom stereocenters. The molecule has 0 aromatic heterocycles. The molecule has 1 atom stereocenters. The first-order valence-corrected chi connectivity index (χ1v) is 4.88. The average Bonchev–Trinajstić information content (AvgIpc) is 2.67. The van der Waals surface area contributed by atoms with Gasteiger partial charge in [-0.05, 0) is 6.07 Å². The van der Waals surface area contributed by atoms with Crippen LogP contribution in [0.5, 0.6) is 0 Å². The maximum Gasteiger partial charge on any atom is 0.146 e. The number of rotatable bonds is 2. The highest BCUT2D eigenvalue weighted by atomic mass is 35.5. The molecule has 1 aromatic rings. The molecule has 2 rings (SSSR count). The highest BCUT2D eigenvalue weighted by Crippen LogP contribution is 2.19. The third kappa shape index (κ3) is 1.73. The Hall–Kier alpha value is -1.09. The molecule has 0 radical (unpaired) electrons. The zero-order valence-electron chi connectivity index (χ0n) is 7.41. The molecule has 4 heteroatoms. The lowest BCUT2D eigenvalue weighted by molar-refractivity contribution is 0.102. The second-order valence-electron chi connectivity index (χ2n) is 3.10. The SMILES string of the molecule is Fc1ccccc1C1=NOC(CCl)C1. The maximum absolute atomic E-state index is 13.3. The fraction of sp³-hybridized carbons (Fsp3) is 0.300. The fourth-order valence-electron chi connectivity index (χ4n) is 1.37. The Kier molecular flexibility index (Phi) is 2.68. The van der Waals surface area contributed by atoms with Crippen LogP contribution in [0.25, 0.3) is 0 Å². The summed E-state index contributed by atoms with van der Waals surface area (Å²) >= 11 is 5.61. The van der Waals surface area contributed by atoms with Crippen molar-refractivity contribution in [3.63, 3.8) is 0 Å². The van der Waals surface area contributed by atoms with Gasteiger partial charge >= 0.3 is 0 Å². The van der Waals surface area contributed by atoms with E-state index in [0.29, 0.717) is 23.6 Å². The molecule has 1 aliphatic heterocycles. The quantitative estimate of drug-likeness (QED) is 0.692. The number of oxime groups is 1. The third-order valence-corrected chi connectivity index (χ3v) is 2.43. The molecular formula is C10H9ClFNO. The maximum atomic E-state index is 13.3. The van der Waals surface area contributed by atoms with Crippen LogP contribution in [-0.4, -0.2) is 17.7 Å². The number of benzene rings is 1. The molecule has 0 saturated heterocycles. The van der Waals surface area contributed by atoms with E-state index in [2.05, 4.69) is 5.16 Å². The normalized spacial score (nSPS) is 20.4. The van der Waals surface area contributed by atoms with Gasteiger partial charge in [0.1, 0.15) is 11.9 Å². The minimum Gasteiger partial charge on any atom is -0.391 e. The minimum atomic E-state index is -0.273. The first-order chi connectivity index (χ1) is 6.81. The molecular weight excluding hydrogens is 205 g/mol. The van der Waals surface area contributed by atoms with Crippen molar-refractivity contribution in [2.75, 3.05) is 5.88 Å². The van der Waals surface area contributed by atoms with Crippen molar-refractivity contribution in [3.8, 4) is 0 Å². The molecule has 2 nitrogen and oxygen atoms in total. The van der Waals surface area contributed by atoms with E-state index < -0.39 is 0 Å². The molecule has 0 saturated carbocycles. The van der Waals surface area contributed by atoms with E-state index in [1.165, 1.54) is 6.07 Å². The highest BCUT2D eigenvalue weighted by Gasteiger charge is 2.22. The molecule has 0 bridgehead atoms. The van der Waals surface area contributed by atoms with Crippen LogP contribution in [0.2, 0.25) is 0 Å². The number of alkyl halides is 1.